The van der Waals surface area contributed by atoms with Crippen LogP contribution < -0.4 is 4.74 Å². The Hall–Kier alpha value is -2.35. The van der Waals surface area contributed by atoms with Crippen LogP contribution in [0.1, 0.15) is 24.0 Å². The van der Waals surface area contributed by atoms with E-state index in [1.807, 2.05) is 50.2 Å². The molecule has 0 aliphatic rings. The lowest BCUT2D eigenvalue weighted by Crippen LogP contribution is -2.08. The van der Waals surface area contributed by atoms with Crippen LogP contribution >= 0.6 is 0 Å². The lowest BCUT2D eigenvalue weighted by Gasteiger charge is -2.12. The second-order valence-corrected chi connectivity index (χ2v) is 5.08. The van der Waals surface area contributed by atoms with Gasteiger partial charge in [-0.3, -0.25) is 4.79 Å². The third kappa shape index (κ3) is 3.82. The molecule has 21 heavy (non-hydrogen) atoms. The molecule has 0 radical (unpaired) electrons. The van der Waals surface area contributed by atoms with Crippen molar-refractivity contribution in [1.29, 1.82) is 0 Å². The Morgan fingerprint density at radius 2 is 1.86 bits per heavy atom. The Bertz CT molecular complexity index is 642. The highest BCUT2D eigenvalue weighted by Crippen LogP contribution is 2.30. The van der Waals surface area contributed by atoms with Crippen LogP contribution in [0.4, 0.5) is 0 Å². The van der Waals surface area contributed by atoms with Gasteiger partial charge in [-0.25, -0.2) is 0 Å². The molecule has 0 aromatic heterocycles. The molecule has 0 heterocycles. The summed E-state index contributed by atoms with van der Waals surface area (Å²) in [5.41, 5.74) is 4.29. The summed E-state index contributed by atoms with van der Waals surface area (Å²) in [7, 11) is 0. The second kappa shape index (κ2) is 6.89. The molecular formula is C19H20O2. The van der Waals surface area contributed by atoms with Gasteiger partial charge in [-0.1, -0.05) is 42.5 Å². The van der Waals surface area contributed by atoms with E-state index in [4.69, 9.17) is 4.74 Å². The molecule has 0 saturated carbocycles. The number of carbonyl (C=O) groups is 1. The number of esters is 1. The minimum absolute atomic E-state index is 0.220. The zero-order valence-electron chi connectivity index (χ0n) is 12.6. The third-order valence-corrected chi connectivity index (χ3v) is 3.50. The van der Waals surface area contributed by atoms with E-state index in [9.17, 15) is 4.79 Å². The van der Waals surface area contributed by atoms with Gasteiger partial charge < -0.3 is 4.74 Å². The zero-order valence-corrected chi connectivity index (χ0v) is 12.6. The largest absolute Gasteiger partial charge is 0.426 e. The summed E-state index contributed by atoms with van der Waals surface area (Å²) < 4.78 is 5.50. The van der Waals surface area contributed by atoms with Crippen molar-refractivity contribution >= 4 is 5.97 Å². The number of allylic oxidation sites excluding steroid dienone is 1. The Kier molecular flexibility index (Phi) is 4.94. The van der Waals surface area contributed by atoms with Gasteiger partial charge in [0, 0.05) is 6.42 Å². The van der Waals surface area contributed by atoms with Gasteiger partial charge in [-0.2, -0.15) is 0 Å². The summed E-state index contributed by atoms with van der Waals surface area (Å²) in [5.74, 6) is 0.422. The maximum absolute atomic E-state index is 11.8. The van der Waals surface area contributed by atoms with Crippen LogP contribution in [0.3, 0.4) is 0 Å². The van der Waals surface area contributed by atoms with E-state index < -0.39 is 0 Å². The molecule has 0 aliphatic carbocycles. The van der Waals surface area contributed by atoms with Gasteiger partial charge in [0.1, 0.15) is 5.75 Å². The summed E-state index contributed by atoms with van der Waals surface area (Å²) in [5, 5.41) is 0. The van der Waals surface area contributed by atoms with E-state index in [-0.39, 0.29) is 5.97 Å². The van der Waals surface area contributed by atoms with Gasteiger partial charge in [0.05, 0.1) is 0 Å². The van der Waals surface area contributed by atoms with E-state index in [1.54, 1.807) is 6.08 Å². The standard InChI is InChI=1S/C19H20O2/c1-4-5-11-19(20)21-18-13-17(12-14(2)15(18)3)16-9-7-6-8-10-16/h4,6-10,12-13H,1,5,11H2,2-3H3. The minimum atomic E-state index is -0.220. The smallest absolute Gasteiger partial charge is 0.311 e. The highest BCUT2D eigenvalue weighted by Gasteiger charge is 2.11. The number of rotatable bonds is 5. The highest BCUT2D eigenvalue weighted by molar-refractivity contribution is 5.75. The molecular weight excluding hydrogens is 260 g/mol. The van der Waals surface area contributed by atoms with Crippen LogP contribution in [0.25, 0.3) is 11.1 Å². The quantitative estimate of drug-likeness (QED) is 0.445. The fourth-order valence-electron chi connectivity index (χ4n) is 2.12. The normalized spacial score (nSPS) is 10.2. The number of carbonyl (C=O) groups excluding carboxylic acids is 1. The summed E-state index contributed by atoms with van der Waals surface area (Å²) in [6.07, 6.45) is 2.71. The first-order valence-electron chi connectivity index (χ1n) is 7.10. The lowest BCUT2D eigenvalue weighted by molar-refractivity contribution is -0.134. The number of benzene rings is 2. The van der Waals surface area contributed by atoms with Gasteiger partial charge in [0.25, 0.3) is 0 Å². The van der Waals surface area contributed by atoms with Crippen LogP contribution in [-0.2, 0) is 4.79 Å². The van der Waals surface area contributed by atoms with Gasteiger partial charge in [-0.15, -0.1) is 6.58 Å². The first kappa shape index (κ1) is 15.0. The first-order chi connectivity index (χ1) is 10.1. The summed E-state index contributed by atoms with van der Waals surface area (Å²) in [4.78, 5) is 11.8. The van der Waals surface area contributed by atoms with Crippen molar-refractivity contribution in [1.82, 2.24) is 0 Å². The topological polar surface area (TPSA) is 26.3 Å². The Morgan fingerprint density at radius 1 is 1.14 bits per heavy atom. The van der Waals surface area contributed by atoms with Gasteiger partial charge in [-0.05, 0) is 48.6 Å². The van der Waals surface area contributed by atoms with Crippen molar-refractivity contribution in [2.45, 2.75) is 26.7 Å². The molecule has 2 nitrogen and oxygen atoms in total. The monoisotopic (exact) mass is 280 g/mol. The van der Waals surface area contributed by atoms with E-state index in [2.05, 4.69) is 12.6 Å². The SMILES string of the molecule is C=CCCC(=O)Oc1cc(-c2ccccc2)cc(C)c1C. The van der Waals surface area contributed by atoms with Crippen molar-refractivity contribution in [2.75, 3.05) is 0 Å². The molecule has 2 aromatic rings. The van der Waals surface area contributed by atoms with Crippen LogP contribution in [-0.4, -0.2) is 5.97 Å². The predicted octanol–water partition coefficient (Wildman–Crippen LogP) is 4.84. The molecule has 0 aliphatic heterocycles. The predicted molar refractivity (Wildman–Crippen MR) is 86.4 cm³/mol. The summed E-state index contributed by atoms with van der Waals surface area (Å²) in [6.45, 7) is 7.62. The second-order valence-electron chi connectivity index (χ2n) is 5.08. The fraction of sp³-hybridized carbons (Fsp3) is 0.211. The molecule has 2 aromatic carbocycles. The lowest BCUT2D eigenvalue weighted by atomic mass is 9.99. The van der Waals surface area contributed by atoms with E-state index in [0.29, 0.717) is 18.6 Å². The average Bonchev–Trinajstić information content (AvgIpc) is 2.50. The van der Waals surface area contributed by atoms with Crippen LogP contribution in [0.15, 0.2) is 55.1 Å². The van der Waals surface area contributed by atoms with Gasteiger partial charge in [0.2, 0.25) is 0 Å². The summed E-state index contributed by atoms with van der Waals surface area (Å²) in [6, 6.07) is 14.1. The molecule has 0 atom stereocenters. The number of hydrogen-bond donors (Lipinski definition) is 0. The van der Waals surface area contributed by atoms with E-state index >= 15 is 0 Å². The molecule has 0 unspecified atom stereocenters. The number of hydrogen-bond acceptors (Lipinski definition) is 2. The maximum Gasteiger partial charge on any atom is 0.311 e. The van der Waals surface area contributed by atoms with Crippen molar-refractivity contribution in [3.63, 3.8) is 0 Å². The van der Waals surface area contributed by atoms with E-state index in [0.717, 1.165) is 22.3 Å². The molecule has 0 spiro atoms. The molecule has 108 valence electrons. The fourth-order valence-corrected chi connectivity index (χ4v) is 2.12. The highest BCUT2D eigenvalue weighted by atomic mass is 16.5. The van der Waals surface area contributed by atoms with Crippen molar-refractivity contribution in [2.24, 2.45) is 0 Å². The zero-order chi connectivity index (χ0) is 15.2. The third-order valence-electron chi connectivity index (χ3n) is 3.50. The molecule has 0 saturated heterocycles. The van der Waals surface area contributed by atoms with Gasteiger partial charge in [0.15, 0.2) is 0 Å². The minimum Gasteiger partial charge on any atom is -0.426 e. The number of aryl methyl sites for hydroxylation is 1. The van der Waals surface area contributed by atoms with Crippen LogP contribution in [0, 0.1) is 13.8 Å². The molecule has 2 rings (SSSR count). The average molecular weight is 280 g/mol. The Labute approximate surface area is 126 Å². The Morgan fingerprint density at radius 3 is 2.52 bits per heavy atom. The molecule has 0 amide bonds. The van der Waals surface area contributed by atoms with Crippen molar-refractivity contribution < 1.29 is 9.53 Å². The molecule has 0 fully saturated rings. The van der Waals surface area contributed by atoms with Crippen molar-refractivity contribution in [3.05, 3.63) is 66.2 Å². The molecule has 0 N–H and O–H groups in total. The first-order valence-corrected chi connectivity index (χ1v) is 7.10. The van der Waals surface area contributed by atoms with Crippen molar-refractivity contribution in [3.8, 4) is 16.9 Å². The molecule has 2 heteroatoms. The Balaban J connectivity index is 2.31. The summed E-state index contributed by atoms with van der Waals surface area (Å²) >= 11 is 0. The van der Waals surface area contributed by atoms with Gasteiger partial charge >= 0.3 is 5.97 Å². The number of ether oxygens (including phenoxy) is 1. The van der Waals surface area contributed by atoms with E-state index in [1.165, 1.54) is 0 Å². The molecule has 0 bridgehead atoms. The van der Waals surface area contributed by atoms with Crippen LogP contribution in [0.2, 0.25) is 0 Å². The van der Waals surface area contributed by atoms with Crippen LogP contribution in [0.5, 0.6) is 5.75 Å². The maximum atomic E-state index is 11.8.